The van der Waals surface area contributed by atoms with Crippen LogP contribution in [0.2, 0.25) is 0 Å². The van der Waals surface area contributed by atoms with E-state index >= 15 is 0 Å². The summed E-state index contributed by atoms with van der Waals surface area (Å²) in [6.45, 7) is 0. The molecule has 7 heteroatoms. The predicted molar refractivity (Wildman–Crippen MR) is 109 cm³/mol. The van der Waals surface area contributed by atoms with Crippen molar-refractivity contribution in [2.24, 2.45) is 0 Å². The lowest BCUT2D eigenvalue weighted by Gasteiger charge is -2.19. The molecule has 0 saturated carbocycles. The number of allylic oxidation sites excluding steroid dienone is 1. The largest absolute Gasteiger partial charge is 0.497 e. The van der Waals surface area contributed by atoms with Gasteiger partial charge in [0, 0.05) is 17.8 Å². The molecule has 7 nitrogen and oxygen atoms in total. The Morgan fingerprint density at radius 2 is 1.86 bits per heavy atom. The fourth-order valence-electron chi connectivity index (χ4n) is 3.62. The van der Waals surface area contributed by atoms with E-state index in [2.05, 4.69) is 4.98 Å². The van der Waals surface area contributed by atoms with Crippen molar-refractivity contribution in [2.75, 3.05) is 14.2 Å². The number of nitrogens with zero attached hydrogens (tertiary/aromatic N) is 2. The lowest BCUT2D eigenvalue weighted by Crippen LogP contribution is -2.25. The molecule has 0 fully saturated rings. The number of rotatable bonds is 4. The van der Waals surface area contributed by atoms with Gasteiger partial charge in [0.1, 0.15) is 17.1 Å². The van der Waals surface area contributed by atoms with Gasteiger partial charge in [-0.25, -0.2) is 9.78 Å². The van der Waals surface area contributed by atoms with E-state index in [0.29, 0.717) is 34.8 Å². The molecule has 0 bridgehead atoms. The molecule has 2 aromatic heterocycles. The summed E-state index contributed by atoms with van der Waals surface area (Å²) >= 11 is 0. The Bertz CT molecular complexity index is 1190. The number of carboxylic acid groups (broad SMARTS) is 1. The zero-order chi connectivity index (χ0) is 20.5. The van der Waals surface area contributed by atoms with Gasteiger partial charge in [-0.3, -0.25) is 9.20 Å². The third-order valence-electron chi connectivity index (χ3n) is 5.05. The number of carbonyl (C=O) groups is 1. The molecular formula is C22H20N2O5. The smallest absolute Gasteiger partial charge is 0.337 e. The summed E-state index contributed by atoms with van der Waals surface area (Å²) in [6.07, 6.45) is 5.56. The number of pyridine rings is 1. The van der Waals surface area contributed by atoms with Gasteiger partial charge < -0.3 is 14.6 Å². The van der Waals surface area contributed by atoms with Gasteiger partial charge in [0.2, 0.25) is 0 Å². The first-order valence-electron chi connectivity index (χ1n) is 9.23. The Labute approximate surface area is 166 Å². The first kappa shape index (κ1) is 18.7. The van der Waals surface area contributed by atoms with E-state index in [1.807, 2.05) is 18.2 Å². The fraction of sp³-hybridized carbons (Fsp3) is 0.227. The molecule has 4 rings (SSSR count). The molecule has 29 heavy (non-hydrogen) atoms. The Morgan fingerprint density at radius 3 is 2.52 bits per heavy atom. The molecule has 0 atom stereocenters. The van der Waals surface area contributed by atoms with Crippen molar-refractivity contribution in [3.63, 3.8) is 0 Å². The minimum atomic E-state index is -1.08. The maximum absolute atomic E-state index is 13.0. The summed E-state index contributed by atoms with van der Waals surface area (Å²) in [5.41, 5.74) is 3.40. The summed E-state index contributed by atoms with van der Waals surface area (Å²) < 4.78 is 12.0. The predicted octanol–water partition coefficient (Wildman–Crippen LogP) is 3.29. The highest BCUT2D eigenvalue weighted by atomic mass is 16.5. The lowest BCUT2D eigenvalue weighted by molar-refractivity contribution is 0.0696. The van der Waals surface area contributed by atoms with Gasteiger partial charge >= 0.3 is 5.97 Å². The summed E-state index contributed by atoms with van der Waals surface area (Å²) in [5, 5.41) is 9.20. The van der Waals surface area contributed by atoms with Gasteiger partial charge in [-0.05, 0) is 60.7 Å². The first-order valence-corrected chi connectivity index (χ1v) is 9.23. The van der Waals surface area contributed by atoms with Crippen molar-refractivity contribution in [1.82, 2.24) is 9.38 Å². The lowest BCUT2D eigenvalue weighted by atomic mass is 9.90. The molecule has 0 unspecified atom stereocenters. The number of benzene rings is 1. The third-order valence-corrected chi connectivity index (χ3v) is 5.05. The van der Waals surface area contributed by atoms with Crippen LogP contribution in [-0.4, -0.2) is 34.7 Å². The molecule has 148 valence electrons. The second kappa shape index (κ2) is 7.43. The van der Waals surface area contributed by atoms with Gasteiger partial charge in [0.25, 0.3) is 5.56 Å². The first-order chi connectivity index (χ1) is 14.0. The summed E-state index contributed by atoms with van der Waals surface area (Å²) in [4.78, 5) is 28.9. The van der Waals surface area contributed by atoms with E-state index in [0.717, 1.165) is 24.0 Å². The molecule has 1 aliphatic rings. The van der Waals surface area contributed by atoms with Crippen LogP contribution >= 0.6 is 0 Å². The minimum Gasteiger partial charge on any atom is -0.497 e. The average Bonchev–Trinajstić information content (AvgIpc) is 2.74. The van der Waals surface area contributed by atoms with E-state index < -0.39 is 5.97 Å². The van der Waals surface area contributed by atoms with Crippen molar-refractivity contribution in [2.45, 2.75) is 19.3 Å². The molecule has 0 aliphatic heterocycles. The molecule has 3 aromatic rings. The second-order valence-corrected chi connectivity index (χ2v) is 6.86. The van der Waals surface area contributed by atoms with Crippen LogP contribution in [-0.2, 0) is 6.42 Å². The Morgan fingerprint density at radius 1 is 1.14 bits per heavy atom. The molecule has 1 N–H and O–H groups in total. The van der Waals surface area contributed by atoms with Crippen LogP contribution in [0.1, 0.15) is 40.0 Å². The molecular weight excluding hydrogens is 372 g/mol. The molecule has 0 saturated heterocycles. The zero-order valence-electron chi connectivity index (χ0n) is 16.1. The van der Waals surface area contributed by atoms with Crippen molar-refractivity contribution < 1.29 is 19.4 Å². The van der Waals surface area contributed by atoms with Crippen molar-refractivity contribution in [3.05, 3.63) is 69.3 Å². The molecule has 0 amide bonds. The van der Waals surface area contributed by atoms with Gasteiger partial charge in [-0.1, -0.05) is 0 Å². The number of ether oxygens (including phenoxy) is 2. The minimum absolute atomic E-state index is 0.0522. The Balaban J connectivity index is 1.88. The number of hydrogen-bond acceptors (Lipinski definition) is 5. The van der Waals surface area contributed by atoms with Crippen LogP contribution in [0, 0.1) is 0 Å². The standard InChI is InChI=1S/C22H20N2O5/c1-28-16-9-13(10-17(11-16)29-2)8-14-4-3-5-18-20(14)23-19-7-6-15(22(26)27)12-24(19)21(18)25/h6-12H,3-5H2,1-2H3,(H,26,27)/b14-8-. The van der Waals surface area contributed by atoms with Crippen LogP contribution in [0.3, 0.4) is 0 Å². The molecule has 1 aliphatic carbocycles. The van der Waals surface area contributed by atoms with E-state index in [1.54, 1.807) is 26.4 Å². The van der Waals surface area contributed by atoms with Gasteiger partial charge in [-0.2, -0.15) is 0 Å². The second-order valence-electron chi connectivity index (χ2n) is 6.86. The van der Waals surface area contributed by atoms with Crippen molar-refractivity contribution in [3.8, 4) is 11.5 Å². The molecule has 0 spiro atoms. The average molecular weight is 392 g/mol. The van der Waals surface area contributed by atoms with Crippen LogP contribution in [0.4, 0.5) is 0 Å². The van der Waals surface area contributed by atoms with Crippen LogP contribution < -0.4 is 15.0 Å². The highest BCUT2D eigenvalue weighted by Crippen LogP contribution is 2.32. The quantitative estimate of drug-likeness (QED) is 0.733. The number of fused-ring (bicyclic) bond motifs is 2. The number of carboxylic acids is 1. The van der Waals surface area contributed by atoms with Crippen molar-refractivity contribution >= 4 is 23.3 Å². The van der Waals surface area contributed by atoms with E-state index in [1.165, 1.54) is 16.7 Å². The number of hydrogen-bond donors (Lipinski definition) is 1. The number of methoxy groups -OCH3 is 2. The Kier molecular flexibility index (Phi) is 4.80. The number of aromatic nitrogens is 2. The van der Waals surface area contributed by atoms with Gasteiger partial charge in [0.15, 0.2) is 0 Å². The highest BCUT2D eigenvalue weighted by molar-refractivity contribution is 5.88. The van der Waals surface area contributed by atoms with E-state index in [9.17, 15) is 14.7 Å². The molecule has 0 radical (unpaired) electrons. The van der Waals surface area contributed by atoms with Crippen LogP contribution in [0.25, 0.3) is 17.3 Å². The highest BCUT2D eigenvalue weighted by Gasteiger charge is 2.21. The Hall–Kier alpha value is -3.61. The summed E-state index contributed by atoms with van der Waals surface area (Å²) in [6, 6.07) is 8.62. The molecule has 2 heterocycles. The summed E-state index contributed by atoms with van der Waals surface area (Å²) in [7, 11) is 3.20. The monoisotopic (exact) mass is 392 g/mol. The van der Waals surface area contributed by atoms with E-state index in [4.69, 9.17) is 9.47 Å². The molecule has 1 aromatic carbocycles. The van der Waals surface area contributed by atoms with Crippen LogP contribution in [0.15, 0.2) is 41.3 Å². The fourth-order valence-corrected chi connectivity index (χ4v) is 3.62. The SMILES string of the molecule is COc1cc(/C=C2/CCCc3c2nc2ccc(C(=O)O)cn2c3=O)cc(OC)c1. The van der Waals surface area contributed by atoms with Gasteiger partial charge in [0.05, 0.1) is 25.5 Å². The summed E-state index contributed by atoms with van der Waals surface area (Å²) in [5.74, 6) is 0.282. The third kappa shape index (κ3) is 3.47. The van der Waals surface area contributed by atoms with Crippen LogP contribution in [0.5, 0.6) is 11.5 Å². The maximum atomic E-state index is 13.0. The van der Waals surface area contributed by atoms with E-state index in [-0.39, 0.29) is 11.1 Å². The normalized spacial score (nSPS) is 14.6. The number of aromatic carboxylic acids is 1. The topological polar surface area (TPSA) is 90.1 Å². The van der Waals surface area contributed by atoms with Crippen molar-refractivity contribution in [1.29, 1.82) is 0 Å². The maximum Gasteiger partial charge on any atom is 0.337 e. The van der Waals surface area contributed by atoms with Gasteiger partial charge in [-0.15, -0.1) is 0 Å². The zero-order valence-corrected chi connectivity index (χ0v) is 16.1.